The summed E-state index contributed by atoms with van der Waals surface area (Å²) in [4.78, 5) is 23.3. The number of carbonyl (C=O) groups excluding carboxylic acids is 1. The molecule has 0 amide bonds. The van der Waals surface area contributed by atoms with Gasteiger partial charge in [-0.05, 0) is 12.3 Å². The molecular formula is C17H34NO4+. The third-order valence-corrected chi connectivity index (χ3v) is 4.00. The van der Waals surface area contributed by atoms with Crippen LogP contribution in [-0.2, 0) is 9.59 Å². The molecule has 0 saturated heterocycles. The maximum Gasteiger partial charge on any atom is 0.306 e. The first-order valence-corrected chi connectivity index (χ1v) is 8.28. The number of carbonyl (C=O) groups is 2. The van der Waals surface area contributed by atoms with E-state index in [1.807, 2.05) is 21.1 Å². The molecule has 0 saturated carbocycles. The quantitative estimate of drug-likeness (QED) is 0.428. The van der Waals surface area contributed by atoms with Crippen LogP contribution in [0.5, 0.6) is 0 Å². The molecule has 5 nitrogen and oxygen atoms in total. The lowest BCUT2D eigenvalue weighted by Gasteiger charge is -2.33. The van der Waals surface area contributed by atoms with Gasteiger partial charge in [0.15, 0.2) is 11.4 Å². The van der Waals surface area contributed by atoms with E-state index in [-0.39, 0.29) is 18.7 Å². The number of nitrogens with zero attached hydrogens (tertiary/aromatic N) is 1. The Hall–Kier alpha value is -0.940. The number of ketones is 1. The molecule has 0 aromatic carbocycles. The highest BCUT2D eigenvalue weighted by molar-refractivity contribution is 5.90. The molecule has 2 unspecified atom stereocenters. The third kappa shape index (κ3) is 9.15. The summed E-state index contributed by atoms with van der Waals surface area (Å²) in [7, 11) is 5.52. The van der Waals surface area contributed by atoms with E-state index in [9.17, 15) is 14.7 Å². The summed E-state index contributed by atoms with van der Waals surface area (Å²) in [6.45, 7) is 4.51. The summed E-state index contributed by atoms with van der Waals surface area (Å²) in [6.07, 6.45) is 4.80. The minimum Gasteiger partial charge on any atom is -0.481 e. The summed E-state index contributed by atoms with van der Waals surface area (Å²) in [5.74, 6) is -0.773. The predicted octanol–water partition coefficient (Wildman–Crippen LogP) is 2.46. The highest BCUT2D eigenvalue weighted by atomic mass is 16.4. The lowest BCUT2D eigenvalue weighted by molar-refractivity contribution is -0.875. The number of unbranched alkanes of at least 4 members (excludes halogenated alkanes) is 2. The van der Waals surface area contributed by atoms with E-state index in [1.54, 1.807) is 0 Å². The van der Waals surface area contributed by atoms with Gasteiger partial charge >= 0.3 is 5.97 Å². The largest absolute Gasteiger partial charge is 0.481 e. The van der Waals surface area contributed by atoms with Gasteiger partial charge in [0.25, 0.3) is 0 Å². The first-order valence-electron chi connectivity index (χ1n) is 8.28. The fourth-order valence-electron chi connectivity index (χ4n) is 2.67. The zero-order valence-electron chi connectivity index (χ0n) is 14.9. The summed E-state index contributed by atoms with van der Waals surface area (Å²) >= 11 is 0. The molecule has 0 radical (unpaired) electrons. The lowest BCUT2D eigenvalue weighted by Crippen LogP contribution is -2.54. The van der Waals surface area contributed by atoms with Crippen molar-refractivity contribution >= 4 is 11.8 Å². The van der Waals surface area contributed by atoms with Gasteiger partial charge < -0.3 is 14.7 Å². The van der Waals surface area contributed by atoms with Crippen molar-refractivity contribution in [3.05, 3.63) is 0 Å². The van der Waals surface area contributed by atoms with Crippen LogP contribution in [-0.4, -0.2) is 59.7 Å². The standard InChI is InChI=1S/C17H33NO4/c1-6-14(2)10-8-7-9-11-15(19)17(22,12-16(20)21)13-18(3,4)5/h14,22H,6-13H2,1-5H3/p+1. The number of Topliss-reactive ketones (excluding diaryl/α,β-unsaturated/α-hetero) is 1. The van der Waals surface area contributed by atoms with Crippen molar-refractivity contribution in [2.75, 3.05) is 27.7 Å². The van der Waals surface area contributed by atoms with Gasteiger partial charge in [-0.25, -0.2) is 0 Å². The van der Waals surface area contributed by atoms with Crippen LogP contribution in [0.4, 0.5) is 0 Å². The molecule has 2 N–H and O–H groups in total. The van der Waals surface area contributed by atoms with Crippen LogP contribution in [0, 0.1) is 5.92 Å². The Bertz CT molecular complexity index is 362. The molecule has 2 atom stereocenters. The number of likely N-dealkylation sites (N-methyl/N-ethyl adjacent to an activating group) is 1. The van der Waals surface area contributed by atoms with Crippen LogP contribution in [0.15, 0.2) is 0 Å². The van der Waals surface area contributed by atoms with Gasteiger partial charge in [-0.2, -0.15) is 0 Å². The molecule has 0 heterocycles. The number of rotatable bonds is 12. The van der Waals surface area contributed by atoms with Gasteiger partial charge in [0.1, 0.15) is 6.54 Å². The Morgan fingerprint density at radius 3 is 2.18 bits per heavy atom. The summed E-state index contributed by atoms with van der Waals surface area (Å²) < 4.78 is 0.351. The van der Waals surface area contributed by atoms with Gasteiger partial charge in [0.2, 0.25) is 0 Å². The van der Waals surface area contributed by atoms with Crippen molar-refractivity contribution in [2.24, 2.45) is 5.92 Å². The minimum atomic E-state index is -1.76. The van der Waals surface area contributed by atoms with E-state index in [1.165, 1.54) is 6.42 Å². The van der Waals surface area contributed by atoms with Gasteiger partial charge in [0, 0.05) is 6.42 Å². The highest BCUT2D eigenvalue weighted by Gasteiger charge is 2.42. The molecule has 0 aliphatic carbocycles. The fraction of sp³-hybridized carbons (Fsp3) is 0.882. The van der Waals surface area contributed by atoms with Gasteiger partial charge in [-0.15, -0.1) is 0 Å². The second kappa shape index (κ2) is 9.26. The SMILES string of the molecule is CCC(C)CCCCCC(=O)C(O)(CC(=O)O)C[N+](C)(C)C. The Kier molecular flexibility index (Phi) is 8.86. The second-order valence-electron chi connectivity index (χ2n) is 7.59. The van der Waals surface area contributed by atoms with Gasteiger partial charge in [-0.3, -0.25) is 9.59 Å². The molecule has 22 heavy (non-hydrogen) atoms. The van der Waals surface area contributed by atoms with Gasteiger partial charge in [0.05, 0.1) is 27.6 Å². The number of aliphatic hydroxyl groups is 1. The van der Waals surface area contributed by atoms with Crippen molar-refractivity contribution in [1.82, 2.24) is 0 Å². The maximum absolute atomic E-state index is 12.3. The Morgan fingerprint density at radius 1 is 1.14 bits per heavy atom. The van der Waals surface area contributed by atoms with E-state index < -0.39 is 18.0 Å². The van der Waals surface area contributed by atoms with Crippen LogP contribution in [0.2, 0.25) is 0 Å². The average molecular weight is 316 g/mol. The first-order chi connectivity index (χ1) is 10.00. The van der Waals surface area contributed by atoms with Crippen molar-refractivity contribution in [3.8, 4) is 0 Å². The third-order valence-electron chi connectivity index (χ3n) is 4.00. The molecule has 5 heteroatoms. The molecule has 0 fully saturated rings. The summed E-state index contributed by atoms with van der Waals surface area (Å²) in [5.41, 5.74) is -1.76. The molecule has 0 rings (SSSR count). The Morgan fingerprint density at radius 2 is 1.73 bits per heavy atom. The zero-order chi connectivity index (χ0) is 17.4. The Balaban J connectivity index is 4.43. The van der Waals surface area contributed by atoms with Crippen molar-refractivity contribution in [3.63, 3.8) is 0 Å². The molecule has 0 aromatic heterocycles. The van der Waals surface area contributed by atoms with Gasteiger partial charge in [-0.1, -0.05) is 39.5 Å². The van der Waals surface area contributed by atoms with Crippen LogP contribution < -0.4 is 0 Å². The normalized spacial score (nSPS) is 16.1. The predicted molar refractivity (Wildman–Crippen MR) is 87.6 cm³/mol. The fourth-order valence-corrected chi connectivity index (χ4v) is 2.67. The smallest absolute Gasteiger partial charge is 0.306 e. The van der Waals surface area contributed by atoms with Crippen LogP contribution in [0.25, 0.3) is 0 Å². The number of carboxylic acid groups (broad SMARTS) is 1. The molecular weight excluding hydrogens is 282 g/mol. The van der Waals surface area contributed by atoms with Crippen molar-refractivity contribution in [1.29, 1.82) is 0 Å². The zero-order valence-corrected chi connectivity index (χ0v) is 14.9. The van der Waals surface area contributed by atoms with Crippen LogP contribution >= 0.6 is 0 Å². The molecule has 0 spiro atoms. The molecule has 0 bridgehead atoms. The number of aliphatic carboxylic acids is 1. The van der Waals surface area contributed by atoms with Crippen molar-refractivity contribution < 1.29 is 24.3 Å². The summed E-state index contributed by atoms with van der Waals surface area (Å²) in [5, 5.41) is 19.5. The van der Waals surface area contributed by atoms with E-state index in [4.69, 9.17) is 5.11 Å². The number of carboxylic acids is 1. The average Bonchev–Trinajstić information content (AvgIpc) is 2.34. The molecule has 0 aromatic rings. The van der Waals surface area contributed by atoms with E-state index in [0.29, 0.717) is 16.8 Å². The minimum absolute atomic E-state index is 0.116. The first kappa shape index (κ1) is 21.1. The topological polar surface area (TPSA) is 74.6 Å². The van der Waals surface area contributed by atoms with E-state index in [0.717, 1.165) is 19.3 Å². The Labute approximate surface area is 134 Å². The number of hydrogen-bond donors (Lipinski definition) is 2. The van der Waals surface area contributed by atoms with E-state index >= 15 is 0 Å². The van der Waals surface area contributed by atoms with Crippen LogP contribution in [0.1, 0.15) is 58.8 Å². The lowest BCUT2D eigenvalue weighted by atomic mass is 9.89. The summed E-state index contributed by atoms with van der Waals surface area (Å²) in [6, 6.07) is 0. The maximum atomic E-state index is 12.3. The second-order valence-corrected chi connectivity index (χ2v) is 7.59. The molecule has 0 aliphatic heterocycles. The molecule has 0 aliphatic rings. The highest BCUT2D eigenvalue weighted by Crippen LogP contribution is 2.20. The van der Waals surface area contributed by atoms with Crippen LogP contribution in [0.3, 0.4) is 0 Å². The van der Waals surface area contributed by atoms with Crippen molar-refractivity contribution in [2.45, 2.75) is 64.4 Å². The monoisotopic (exact) mass is 316 g/mol. The van der Waals surface area contributed by atoms with E-state index in [2.05, 4.69) is 13.8 Å². The number of quaternary nitrogens is 1. The number of hydrogen-bond acceptors (Lipinski definition) is 3. The molecule has 130 valence electrons.